The molecular formula is C17H18Cl2N4. The molecule has 2 aromatic heterocycles. The van der Waals surface area contributed by atoms with Crippen LogP contribution in [0, 0.1) is 6.92 Å². The number of fused-ring (bicyclic) bond motifs is 1. The van der Waals surface area contributed by atoms with Crippen LogP contribution < -0.4 is 0 Å². The molecule has 0 fully saturated rings. The molecule has 0 aliphatic heterocycles. The lowest BCUT2D eigenvalue weighted by molar-refractivity contribution is 0.248. The van der Waals surface area contributed by atoms with Crippen LogP contribution in [0.5, 0.6) is 0 Å². The van der Waals surface area contributed by atoms with Gasteiger partial charge < -0.3 is 4.98 Å². The highest BCUT2D eigenvalue weighted by Gasteiger charge is 2.17. The van der Waals surface area contributed by atoms with Gasteiger partial charge in [0.15, 0.2) is 5.65 Å². The van der Waals surface area contributed by atoms with Crippen LogP contribution in [0.3, 0.4) is 0 Å². The summed E-state index contributed by atoms with van der Waals surface area (Å²) in [5.41, 5.74) is 3.94. The number of benzene rings is 1. The van der Waals surface area contributed by atoms with E-state index in [0.717, 1.165) is 28.1 Å². The Bertz CT molecular complexity index is 844. The molecule has 1 N–H and O–H groups in total. The van der Waals surface area contributed by atoms with Gasteiger partial charge >= 0.3 is 0 Å². The number of halogens is 2. The smallest absolute Gasteiger partial charge is 0.178 e. The van der Waals surface area contributed by atoms with Crippen molar-refractivity contribution in [1.82, 2.24) is 19.9 Å². The van der Waals surface area contributed by atoms with Gasteiger partial charge in [-0.05, 0) is 50.2 Å². The summed E-state index contributed by atoms with van der Waals surface area (Å²) in [5.74, 6) is 0.890. The molecule has 0 unspecified atom stereocenters. The van der Waals surface area contributed by atoms with E-state index >= 15 is 0 Å². The topological polar surface area (TPSA) is 44.8 Å². The average Bonchev–Trinajstić information content (AvgIpc) is 2.90. The zero-order valence-electron chi connectivity index (χ0n) is 13.3. The second-order valence-corrected chi connectivity index (χ2v) is 6.61. The SMILES string of the molecule is Cc1ccnc2nc(CN(C)[C@H](C)c3ccc(Cl)cc3Cl)[nH]c12. The van der Waals surface area contributed by atoms with Crippen molar-refractivity contribution in [3.05, 3.63) is 57.5 Å². The van der Waals surface area contributed by atoms with Gasteiger partial charge in [0.05, 0.1) is 12.1 Å². The van der Waals surface area contributed by atoms with Crippen molar-refractivity contribution in [2.45, 2.75) is 26.4 Å². The standard InChI is InChI=1S/C17H18Cl2N4/c1-10-6-7-20-17-16(10)21-15(22-17)9-23(3)11(2)13-5-4-12(18)8-14(13)19/h4-8,11H,9H2,1-3H3,(H,20,21,22)/t11-/m1/s1. The summed E-state index contributed by atoms with van der Waals surface area (Å²) in [6.07, 6.45) is 1.78. The number of H-pyrrole nitrogens is 1. The molecule has 0 aliphatic rings. The minimum atomic E-state index is 0.141. The summed E-state index contributed by atoms with van der Waals surface area (Å²) in [6, 6.07) is 7.72. The molecule has 0 amide bonds. The minimum Gasteiger partial charge on any atom is -0.339 e. The summed E-state index contributed by atoms with van der Waals surface area (Å²) >= 11 is 12.3. The fraction of sp³-hybridized carbons (Fsp3) is 0.294. The molecule has 0 aliphatic carbocycles. The Hall–Kier alpha value is -1.62. The third-order valence-electron chi connectivity index (χ3n) is 4.12. The minimum absolute atomic E-state index is 0.141. The molecule has 0 saturated heterocycles. The maximum atomic E-state index is 6.31. The Morgan fingerprint density at radius 2 is 2.04 bits per heavy atom. The van der Waals surface area contributed by atoms with Crippen molar-refractivity contribution in [2.24, 2.45) is 0 Å². The van der Waals surface area contributed by atoms with Crippen LogP contribution in [-0.2, 0) is 6.54 Å². The maximum absolute atomic E-state index is 6.31. The number of nitrogens with zero attached hydrogens (tertiary/aromatic N) is 3. The number of aryl methyl sites for hydroxylation is 1. The summed E-state index contributed by atoms with van der Waals surface area (Å²) in [5, 5.41) is 1.33. The van der Waals surface area contributed by atoms with Crippen molar-refractivity contribution in [2.75, 3.05) is 7.05 Å². The Morgan fingerprint density at radius 1 is 1.26 bits per heavy atom. The fourth-order valence-corrected chi connectivity index (χ4v) is 3.18. The first-order valence-electron chi connectivity index (χ1n) is 7.41. The molecule has 0 bridgehead atoms. The van der Waals surface area contributed by atoms with E-state index in [0.29, 0.717) is 16.6 Å². The third kappa shape index (κ3) is 3.34. The summed E-state index contributed by atoms with van der Waals surface area (Å²) in [4.78, 5) is 14.4. The van der Waals surface area contributed by atoms with Crippen LogP contribution in [-0.4, -0.2) is 26.9 Å². The second-order valence-electron chi connectivity index (χ2n) is 5.77. The molecule has 3 rings (SSSR count). The lowest BCUT2D eigenvalue weighted by Gasteiger charge is -2.25. The van der Waals surface area contributed by atoms with E-state index < -0.39 is 0 Å². The Kier molecular flexibility index (Phi) is 4.57. The number of rotatable bonds is 4. The van der Waals surface area contributed by atoms with Gasteiger partial charge in [0.1, 0.15) is 5.82 Å². The molecule has 1 atom stereocenters. The Morgan fingerprint density at radius 3 is 2.74 bits per heavy atom. The molecule has 2 heterocycles. The maximum Gasteiger partial charge on any atom is 0.178 e. The number of nitrogens with one attached hydrogen (secondary N) is 1. The molecule has 0 saturated carbocycles. The molecule has 23 heavy (non-hydrogen) atoms. The van der Waals surface area contributed by atoms with Gasteiger partial charge in [-0.25, -0.2) is 9.97 Å². The highest BCUT2D eigenvalue weighted by molar-refractivity contribution is 6.35. The zero-order chi connectivity index (χ0) is 16.6. The van der Waals surface area contributed by atoms with E-state index in [1.54, 1.807) is 12.3 Å². The van der Waals surface area contributed by atoms with Crippen LogP contribution >= 0.6 is 23.2 Å². The lowest BCUT2D eigenvalue weighted by Crippen LogP contribution is -2.22. The molecular weight excluding hydrogens is 331 g/mol. The first kappa shape index (κ1) is 16.2. The quantitative estimate of drug-likeness (QED) is 0.738. The first-order valence-corrected chi connectivity index (χ1v) is 8.16. The molecule has 4 nitrogen and oxygen atoms in total. The number of hydrogen-bond acceptors (Lipinski definition) is 3. The van der Waals surface area contributed by atoms with Gasteiger partial charge in [0.2, 0.25) is 0 Å². The van der Waals surface area contributed by atoms with Crippen LogP contribution in [0.25, 0.3) is 11.2 Å². The van der Waals surface area contributed by atoms with E-state index in [9.17, 15) is 0 Å². The summed E-state index contributed by atoms with van der Waals surface area (Å²) < 4.78 is 0. The zero-order valence-corrected chi connectivity index (χ0v) is 14.8. The van der Waals surface area contributed by atoms with E-state index in [1.165, 1.54) is 0 Å². The predicted octanol–water partition coefficient (Wildman–Crippen LogP) is 4.77. The van der Waals surface area contributed by atoms with Gasteiger partial charge in [-0.2, -0.15) is 0 Å². The van der Waals surface area contributed by atoms with Crippen LogP contribution in [0.2, 0.25) is 10.0 Å². The van der Waals surface area contributed by atoms with Crippen molar-refractivity contribution in [3.63, 3.8) is 0 Å². The van der Waals surface area contributed by atoms with E-state index in [2.05, 4.69) is 26.8 Å². The van der Waals surface area contributed by atoms with Crippen molar-refractivity contribution < 1.29 is 0 Å². The van der Waals surface area contributed by atoms with Gasteiger partial charge in [-0.3, -0.25) is 4.90 Å². The summed E-state index contributed by atoms with van der Waals surface area (Å²) in [6.45, 7) is 4.84. The van der Waals surface area contributed by atoms with E-state index in [1.807, 2.05) is 32.2 Å². The fourth-order valence-electron chi connectivity index (χ4n) is 2.61. The third-order valence-corrected chi connectivity index (χ3v) is 4.68. The molecule has 3 aromatic rings. The second kappa shape index (κ2) is 6.48. The summed E-state index contributed by atoms with van der Waals surface area (Å²) in [7, 11) is 2.04. The number of aromatic amines is 1. The lowest BCUT2D eigenvalue weighted by atomic mass is 10.1. The Balaban J connectivity index is 1.82. The van der Waals surface area contributed by atoms with Gasteiger partial charge in [-0.15, -0.1) is 0 Å². The molecule has 0 spiro atoms. The molecule has 6 heteroatoms. The number of hydrogen-bond donors (Lipinski definition) is 1. The van der Waals surface area contributed by atoms with Crippen LogP contribution in [0.4, 0.5) is 0 Å². The van der Waals surface area contributed by atoms with Crippen LogP contribution in [0.15, 0.2) is 30.5 Å². The molecule has 0 radical (unpaired) electrons. The Labute approximate surface area is 145 Å². The van der Waals surface area contributed by atoms with Crippen molar-refractivity contribution in [1.29, 1.82) is 0 Å². The number of aromatic nitrogens is 3. The average molecular weight is 349 g/mol. The highest BCUT2D eigenvalue weighted by atomic mass is 35.5. The molecule has 1 aromatic carbocycles. The van der Waals surface area contributed by atoms with Crippen LogP contribution in [0.1, 0.15) is 29.9 Å². The number of pyridine rings is 1. The van der Waals surface area contributed by atoms with Gasteiger partial charge in [0.25, 0.3) is 0 Å². The predicted molar refractivity (Wildman–Crippen MR) is 95.0 cm³/mol. The first-order chi connectivity index (χ1) is 11.0. The van der Waals surface area contributed by atoms with Gasteiger partial charge in [-0.1, -0.05) is 29.3 Å². The molecule has 120 valence electrons. The highest BCUT2D eigenvalue weighted by Crippen LogP contribution is 2.29. The van der Waals surface area contributed by atoms with Gasteiger partial charge in [0, 0.05) is 22.3 Å². The monoisotopic (exact) mass is 348 g/mol. The van der Waals surface area contributed by atoms with Crippen molar-refractivity contribution in [3.8, 4) is 0 Å². The van der Waals surface area contributed by atoms with Crippen molar-refractivity contribution >= 4 is 34.4 Å². The normalized spacial score (nSPS) is 13.0. The number of imidazole rings is 1. The van der Waals surface area contributed by atoms with E-state index in [-0.39, 0.29) is 6.04 Å². The van der Waals surface area contributed by atoms with E-state index in [4.69, 9.17) is 23.2 Å². The largest absolute Gasteiger partial charge is 0.339 e.